The van der Waals surface area contributed by atoms with E-state index in [-0.39, 0.29) is 11.8 Å². The summed E-state index contributed by atoms with van der Waals surface area (Å²) in [5.41, 5.74) is 1.13. The number of carbonyl (C=O) groups is 1. The molecule has 2 aromatic heterocycles. The number of hydrogen-bond donors (Lipinski definition) is 1. The lowest BCUT2D eigenvalue weighted by Gasteiger charge is -2.18. The third-order valence-corrected chi connectivity index (χ3v) is 4.44. The van der Waals surface area contributed by atoms with Crippen LogP contribution >= 0.6 is 11.3 Å². The summed E-state index contributed by atoms with van der Waals surface area (Å²) < 4.78 is 11.2. The van der Waals surface area contributed by atoms with E-state index < -0.39 is 6.10 Å². The number of carbonyl (C=O) groups excluding carboxylic acids is 1. The van der Waals surface area contributed by atoms with Crippen LogP contribution in [0.1, 0.15) is 24.2 Å². The van der Waals surface area contributed by atoms with Crippen LogP contribution in [0, 0.1) is 0 Å². The number of furan rings is 1. The standard InChI is InChI=1S/C19H19NO3S/c1-14(23-16-6-3-2-4-7-16)19(21)20-12-17(15-9-11-24-13-15)18-8-5-10-22-18/h2-11,13-14,17H,12H2,1H3,(H,20,21). The molecule has 0 aliphatic rings. The minimum absolute atomic E-state index is 0.000810. The Balaban J connectivity index is 1.61. The monoisotopic (exact) mass is 341 g/mol. The van der Waals surface area contributed by atoms with Gasteiger partial charge in [-0.1, -0.05) is 18.2 Å². The second-order valence-corrected chi connectivity index (χ2v) is 6.22. The lowest BCUT2D eigenvalue weighted by atomic mass is 9.99. The smallest absolute Gasteiger partial charge is 0.260 e. The van der Waals surface area contributed by atoms with Gasteiger partial charge in [-0.2, -0.15) is 11.3 Å². The maximum absolute atomic E-state index is 12.3. The number of thiophene rings is 1. The number of hydrogen-bond acceptors (Lipinski definition) is 4. The van der Waals surface area contributed by atoms with Gasteiger partial charge in [-0.15, -0.1) is 0 Å². The number of para-hydroxylation sites is 1. The third kappa shape index (κ3) is 4.06. The van der Waals surface area contributed by atoms with Gasteiger partial charge in [0.05, 0.1) is 12.2 Å². The molecule has 3 aromatic rings. The molecule has 4 nitrogen and oxygen atoms in total. The third-order valence-electron chi connectivity index (χ3n) is 3.74. The first kappa shape index (κ1) is 16.3. The van der Waals surface area contributed by atoms with Gasteiger partial charge in [0, 0.05) is 6.54 Å². The Hall–Kier alpha value is -2.53. The van der Waals surface area contributed by atoms with E-state index >= 15 is 0 Å². The summed E-state index contributed by atoms with van der Waals surface area (Å²) in [5, 5.41) is 7.05. The molecular weight excluding hydrogens is 322 g/mol. The Kier molecular flexibility index (Phi) is 5.33. The molecule has 2 atom stereocenters. The van der Waals surface area contributed by atoms with Gasteiger partial charge >= 0.3 is 0 Å². The average Bonchev–Trinajstić information content (AvgIpc) is 3.30. The van der Waals surface area contributed by atoms with Crippen molar-refractivity contribution in [3.05, 3.63) is 76.9 Å². The summed E-state index contributed by atoms with van der Waals surface area (Å²) in [4.78, 5) is 12.3. The van der Waals surface area contributed by atoms with Crippen LogP contribution in [0.4, 0.5) is 0 Å². The van der Waals surface area contributed by atoms with Crippen LogP contribution in [0.3, 0.4) is 0 Å². The molecule has 5 heteroatoms. The molecule has 0 saturated carbocycles. The molecule has 124 valence electrons. The van der Waals surface area contributed by atoms with Gasteiger partial charge < -0.3 is 14.5 Å². The quantitative estimate of drug-likeness (QED) is 0.705. The van der Waals surface area contributed by atoms with E-state index in [1.807, 2.05) is 53.9 Å². The molecule has 0 saturated heterocycles. The molecule has 2 heterocycles. The highest BCUT2D eigenvalue weighted by Gasteiger charge is 2.21. The second kappa shape index (κ2) is 7.84. The predicted molar refractivity (Wildman–Crippen MR) is 94.4 cm³/mol. The fourth-order valence-corrected chi connectivity index (χ4v) is 3.16. The molecule has 0 aliphatic heterocycles. The van der Waals surface area contributed by atoms with Crippen molar-refractivity contribution in [3.8, 4) is 5.75 Å². The summed E-state index contributed by atoms with van der Waals surface area (Å²) in [7, 11) is 0. The largest absolute Gasteiger partial charge is 0.481 e. The van der Waals surface area contributed by atoms with Gasteiger partial charge in [0.2, 0.25) is 0 Å². The van der Waals surface area contributed by atoms with Crippen LogP contribution in [-0.4, -0.2) is 18.6 Å². The molecule has 2 unspecified atom stereocenters. The first-order chi connectivity index (χ1) is 11.7. The lowest BCUT2D eigenvalue weighted by Crippen LogP contribution is -2.38. The Labute approximate surface area is 145 Å². The topological polar surface area (TPSA) is 51.5 Å². The van der Waals surface area contributed by atoms with E-state index in [0.717, 1.165) is 11.3 Å². The molecule has 0 spiro atoms. The Morgan fingerprint density at radius 3 is 2.71 bits per heavy atom. The van der Waals surface area contributed by atoms with Crippen LogP contribution in [0.25, 0.3) is 0 Å². The minimum atomic E-state index is -0.563. The van der Waals surface area contributed by atoms with E-state index in [4.69, 9.17) is 9.15 Å². The van der Waals surface area contributed by atoms with Crippen molar-refractivity contribution in [2.24, 2.45) is 0 Å². The number of rotatable bonds is 7. The number of ether oxygens (including phenoxy) is 1. The van der Waals surface area contributed by atoms with Crippen molar-refractivity contribution >= 4 is 17.2 Å². The fourth-order valence-electron chi connectivity index (χ4n) is 2.45. The normalized spacial score (nSPS) is 13.2. The van der Waals surface area contributed by atoms with Crippen molar-refractivity contribution in [3.63, 3.8) is 0 Å². The second-order valence-electron chi connectivity index (χ2n) is 5.44. The first-order valence-electron chi connectivity index (χ1n) is 7.79. The highest BCUT2D eigenvalue weighted by molar-refractivity contribution is 7.08. The molecule has 0 fully saturated rings. The summed E-state index contributed by atoms with van der Waals surface area (Å²) in [6.45, 7) is 2.21. The SMILES string of the molecule is CC(Oc1ccccc1)C(=O)NCC(c1ccsc1)c1ccco1. The fraction of sp³-hybridized carbons (Fsp3) is 0.211. The molecule has 0 bridgehead atoms. The van der Waals surface area contributed by atoms with Crippen molar-refractivity contribution in [2.45, 2.75) is 18.9 Å². The van der Waals surface area contributed by atoms with E-state index in [9.17, 15) is 4.79 Å². The summed E-state index contributed by atoms with van der Waals surface area (Å²) in [6.07, 6.45) is 1.09. The van der Waals surface area contributed by atoms with E-state index in [0.29, 0.717) is 12.3 Å². The maximum Gasteiger partial charge on any atom is 0.260 e. The van der Waals surface area contributed by atoms with Gasteiger partial charge in [0.15, 0.2) is 6.10 Å². The Morgan fingerprint density at radius 2 is 2.04 bits per heavy atom. The van der Waals surface area contributed by atoms with Crippen LogP contribution in [0.5, 0.6) is 5.75 Å². The van der Waals surface area contributed by atoms with E-state index in [1.165, 1.54) is 0 Å². The van der Waals surface area contributed by atoms with Gasteiger partial charge in [-0.05, 0) is 53.6 Å². The number of benzene rings is 1. The Morgan fingerprint density at radius 1 is 1.21 bits per heavy atom. The van der Waals surface area contributed by atoms with Crippen molar-refractivity contribution in [1.29, 1.82) is 0 Å². The maximum atomic E-state index is 12.3. The number of amides is 1. The molecule has 3 rings (SSSR count). The molecule has 0 radical (unpaired) electrons. The highest BCUT2D eigenvalue weighted by atomic mass is 32.1. The summed E-state index contributed by atoms with van der Waals surface area (Å²) >= 11 is 1.63. The Bertz CT molecular complexity index is 704. The minimum Gasteiger partial charge on any atom is -0.481 e. The molecule has 1 N–H and O–H groups in total. The van der Waals surface area contributed by atoms with Crippen LogP contribution in [-0.2, 0) is 4.79 Å². The molecule has 0 aliphatic carbocycles. The molecule has 24 heavy (non-hydrogen) atoms. The van der Waals surface area contributed by atoms with Crippen LogP contribution in [0.2, 0.25) is 0 Å². The van der Waals surface area contributed by atoms with Crippen molar-refractivity contribution in [2.75, 3.05) is 6.54 Å². The summed E-state index contributed by atoms with van der Waals surface area (Å²) in [6, 6.07) is 15.2. The zero-order valence-electron chi connectivity index (χ0n) is 13.3. The van der Waals surface area contributed by atoms with E-state index in [2.05, 4.69) is 10.7 Å². The zero-order valence-corrected chi connectivity index (χ0v) is 14.2. The zero-order chi connectivity index (χ0) is 16.8. The van der Waals surface area contributed by atoms with Crippen LogP contribution in [0.15, 0.2) is 70.0 Å². The predicted octanol–water partition coefficient (Wildman–Crippen LogP) is 4.06. The highest BCUT2D eigenvalue weighted by Crippen LogP contribution is 2.26. The molecular formula is C19H19NO3S. The van der Waals surface area contributed by atoms with Gasteiger partial charge in [-0.3, -0.25) is 4.79 Å². The average molecular weight is 341 g/mol. The molecule has 1 aromatic carbocycles. The van der Waals surface area contributed by atoms with Crippen molar-refractivity contribution < 1.29 is 13.9 Å². The van der Waals surface area contributed by atoms with Crippen molar-refractivity contribution in [1.82, 2.24) is 5.32 Å². The van der Waals surface area contributed by atoms with Gasteiger partial charge in [0.25, 0.3) is 5.91 Å². The first-order valence-corrected chi connectivity index (χ1v) is 8.73. The van der Waals surface area contributed by atoms with E-state index in [1.54, 1.807) is 24.5 Å². The van der Waals surface area contributed by atoms with Crippen LogP contribution < -0.4 is 10.1 Å². The van der Waals surface area contributed by atoms with Gasteiger partial charge in [0.1, 0.15) is 11.5 Å². The summed E-state index contributed by atoms with van der Waals surface area (Å²) in [5.74, 6) is 1.37. The number of nitrogens with one attached hydrogen (secondary N) is 1. The lowest BCUT2D eigenvalue weighted by molar-refractivity contribution is -0.127. The molecule has 1 amide bonds. The van der Waals surface area contributed by atoms with Gasteiger partial charge in [-0.25, -0.2) is 0 Å².